The van der Waals surface area contributed by atoms with Crippen molar-refractivity contribution in [2.24, 2.45) is 0 Å². The first-order valence-corrected chi connectivity index (χ1v) is 6.12. The fraction of sp³-hybridized carbons (Fsp3) is 0.545. The van der Waals surface area contributed by atoms with E-state index in [1.54, 1.807) is 16.3 Å². The van der Waals surface area contributed by atoms with Crippen molar-refractivity contribution < 1.29 is 14.8 Å². The summed E-state index contributed by atoms with van der Waals surface area (Å²) in [5.41, 5.74) is 0. The van der Waals surface area contributed by atoms with Crippen molar-refractivity contribution in [3.63, 3.8) is 0 Å². The van der Waals surface area contributed by atoms with Crippen molar-refractivity contribution in [1.29, 1.82) is 0 Å². The number of rotatable bonds is 4. The molecule has 1 rings (SSSR count). The number of carboxylic acid groups (broad SMARTS) is 1. The van der Waals surface area contributed by atoms with E-state index in [0.29, 0.717) is 0 Å². The molecule has 0 radical (unpaired) electrons. The standard InChI is InChI=1S/C6H15N.C5H4O2S/c1-4-7(5-2)6-3;6-5(7)4-2-1-3-8-4/h4-6H2,1-3H3;1-3H,(H,6,7). The highest BCUT2D eigenvalue weighted by atomic mass is 32.1. The van der Waals surface area contributed by atoms with Crippen molar-refractivity contribution in [1.82, 2.24) is 0 Å². The Morgan fingerprint density at radius 1 is 1.33 bits per heavy atom. The minimum absolute atomic E-state index is 0.282. The maximum absolute atomic E-state index is 9.96. The van der Waals surface area contributed by atoms with Crippen LogP contribution in [0.1, 0.15) is 30.4 Å². The Morgan fingerprint density at radius 3 is 2.00 bits per heavy atom. The van der Waals surface area contributed by atoms with Gasteiger partial charge in [-0.2, -0.15) is 0 Å². The van der Waals surface area contributed by atoms with Crippen LogP contribution >= 0.6 is 11.3 Å². The second kappa shape index (κ2) is 8.44. The van der Waals surface area contributed by atoms with E-state index in [2.05, 4.69) is 20.8 Å². The first-order valence-electron chi connectivity index (χ1n) is 5.24. The Morgan fingerprint density at radius 2 is 1.87 bits per heavy atom. The van der Waals surface area contributed by atoms with Crippen LogP contribution in [0.2, 0.25) is 0 Å². The number of carboxylic acids is 1. The molecule has 0 spiro atoms. The molecule has 1 aromatic heterocycles. The molecule has 86 valence electrons. The quantitative estimate of drug-likeness (QED) is 0.792. The second-order valence-electron chi connectivity index (χ2n) is 3.08. The molecule has 0 aliphatic carbocycles. The van der Waals surface area contributed by atoms with Gasteiger partial charge in [0, 0.05) is 4.88 Å². The molecule has 4 heteroatoms. The molecule has 3 nitrogen and oxygen atoms in total. The van der Waals surface area contributed by atoms with E-state index in [9.17, 15) is 9.90 Å². The number of quaternary nitrogens is 1. The number of aromatic carboxylic acids is 1. The van der Waals surface area contributed by atoms with Gasteiger partial charge in [-0.05, 0) is 32.2 Å². The SMILES string of the molecule is CC[NH+](CC)CC.O=C([O-])c1cccs1. The summed E-state index contributed by atoms with van der Waals surface area (Å²) < 4.78 is 0. The molecule has 0 aromatic carbocycles. The van der Waals surface area contributed by atoms with Crippen LogP contribution < -0.4 is 10.0 Å². The lowest BCUT2D eigenvalue weighted by Gasteiger charge is -2.10. The largest absolute Gasteiger partial charge is 0.544 e. The van der Waals surface area contributed by atoms with Crippen LogP contribution in [0, 0.1) is 0 Å². The Bertz CT molecular complexity index is 250. The summed E-state index contributed by atoms with van der Waals surface area (Å²) in [5, 5.41) is 11.7. The van der Waals surface area contributed by atoms with Crippen molar-refractivity contribution in [3.8, 4) is 0 Å². The van der Waals surface area contributed by atoms with Gasteiger partial charge in [-0.3, -0.25) is 0 Å². The van der Waals surface area contributed by atoms with E-state index in [1.807, 2.05) is 0 Å². The van der Waals surface area contributed by atoms with Gasteiger partial charge in [0.2, 0.25) is 0 Å². The minimum Gasteiger partial charge on any atom is -0.544 e. The molecule has 0 bridgehead atoms. The lowest BCUT2D eigenvalue weighted by Crippen LogP contribution is -3.11. The predicted octanol–water partition coefficient (Wildman–Crippen LogP) is 0.0426. The van der Waals surface area contributed by atoms with Gasteiger partial charge in [0.1, 0.15) is 0 Å². The van der Waals surface area contributed by atoms with Gasteiger partial charge in [0.25, 0.3) is 0 Å². The number of nitrogens with one attached hydrogen (secondary N) is 1. The zero-order valence-electron chi connectivity index (χ0n) is 9.58. The van der Waals surface area contributed by atoms with Gasteiger partial charge >= 0.3 is 0 Å². The molecule has 0 saturated heterocycles. The Kier molecular flexibility index (Phi) is 7.95. The summed E-state index contributed by atoms with van der Waals surface area (Å²) in [6.07, 6.45) is 0. The van der Waals surface area contributed by atoms with E-state index >= 15 is 0 Å². The molecule has 1 N–H and O–H groups in total. The van der Waals surface area contributed by atoms with Gasteiger partial charge in [-0.15, -0.1) is 11.3 Å². The topological polar surface area (TPSA) is 44.6 Å². The normalized spacial score (nSPS) is 9.60. The molecular weight excluding hydrogens is 210 g/mol. The molecule has 0 aliphatic heterocycles. The second-order valence-corrected chi connectivity index (χ2v) is 4.02. The number of hydrogen-bond acceptors (Lipinski definition) is 3. The van der Waals surface area contributed by atoms with Gasteiger partial charge in [-0.25, -0.2) is 0 Å². The van der Waals surface area contributed by atoms with Crippen LogP contribution in [0.15, 0.2) is 17.5 Å². The summed E-state index contributed by atoms with van der Waals surface area (Å²) in [5.74, 6) is -1.10. The zero-order valence-corrected chi connectivity index (χ0v) is 10.4. The van der Waals surface area contributed by atoms with E-state index in [0.717, 1.165) is 0 Å². The van der Waals surface area contributed by atoms with Crippen LogP contribution in [0.25, 0.3) is 0 Å². The molecule has 0 unspecified atom stereocenters. The lowest BCUT2D eigenvalue weighted by atomic mass is 10.5. The maximum atomic E-state index is 9.96. The molecule has 0 aliphatic rings. The molecule has 0 fully saturated rings. The summed E-state index contributed by atoms with van der Waals surface area (Å²) in [6, 6.07) is 3.19. The number of carbonyl (C=O) groups excluding carboxylic acids is 1. The molecular formula is C11H19NO2S. The fourth-order valence-electron chi connectivity index (χ4n) is 1.14. The van der Waals surface area contributed by atoms with E-state index in [-0.39, 0.29) is 4.88 Å². The zero-order chi connectivity index (χ0) is 11.7. The number of hydrogen-bond donors (Lipinski definition) is 1. The van der Waals surface area contributed by atoms with Crippen LogP contribution in [-0.2, 0) is 0 Å². The third-order valence-electron chi connectivity index (χ3n) is 2.22. The number of thiophene rings is 1. The van der Waals surface area contributed by atoms with Crippen LogP contribution in [-0.4, -0.2) is 25.6 Å². The average molecular weight is 229 g/mol. The molecule has 0 amide bonds. The summed E-state index contributed by atoms with van der Waals surface area (Å²) in [6.45, 7) is 10.5. The Balaban J connectivity index is 0.000000265. The Labute approximate surface area is 95.3 Å². The highest BCUT2D eigenvalue weighted by Gasteiger charge is 1.92. The maximum Gasteiger partial charge on any atom is 0.0815 e. The van der Waals surface area contributed by atoms with Gasteiger partial charge in [0.05, 0.1) is 25.6 Å². The van der Waals surface area contributed by atoms with Crippen molar-refractivity contribution >= 4 is 17.3 Å². The fourth-order valence-corrected chi connectivity index (χ4v) is 1.70. The van der Waals surface area contributed by atoms with Gasteiger partial charge in [-0.1, -0.05) is 6.07 Å². The molecule has 15 heavy (non-hydrogen) atoms. The summed E-state index contributed by atoms with van der Waals surface area (Å²) >= 11 is 1.17. The minimum atomic E-state index is -1.10. The molecule has 1 heterocycles. The average Bonchev–Trinajstić information content (AvgIpc) is 2.74. The van der Waals surface area contributed by atoms with E-state index < -0.39 is 5.97 Å². The van der Waals surface area contributed by atoms with E-state index in [4.69, 9.17) is 0 Å². The highest BCUT2D eigenvalue weighted by Crippen LogP contribution is 2.05. The van der Waals surface area contributed by atoms with E-state index in [1.165, 1.54) is 37.0 Å². The van der Waals surface area contributed by atoms with Crippen molar-refractivity contribution in [3.05, 3.63) is 22.4 Å². The van der Waals surface area contributed by atoms with Crippen molar-refractivity contribution in [2.45, 2.75) is 20.8 Å². The Hall–Kier alpha value is -0.870. The molecule has 1 aromatic rings. The monoisotopic (exact) mass is 229 g/mol. The summed E-state index contributed by atoms with van der Waals surface area (Å²) in [7, 11) is 0. The first kappa shape index (κ1) is 14.1. The highest BCUT2D eigenvalue weighted by molar-refractivity contribution is 7.11. The van der Waals surface area contributed by atoms with Crippen LogP contribution in [0.4, 0.5) is 0 Å². The molecule has 0 atom stereocenters. The third-order valence-corrected chi connectivity index (χ3v) is 3.07. The smallest absolute Gasteiger partial charge is 0.0815 e. The van der Waals surface area contributed by atoms with Gasteiger partial charge in [0.15, 0.2) is 0 Å². The van der Waals surface area contributed by atoms with Crippen LogP contribution in [0.5, 0.6) is 0 Å². The van der Waals surface area contributed by atoms with Crippen molar-refractivity contribution in [2.75, 3.05) is 19.6 Å². The third kappa shape index (κ3) is 6.25. The van der Waals surface area contributed by atoms with Crippen LogP contribution in [0.3, 0.4) is 0 Å². The number of carbonyl (C=O) groups is 1. The van der Waals surface area contributed by atoms with Gasteiger partial charge < -0.3 is 14.8 Å². The lowest BCUT2D eigenvalue weighted by molar-refractivity contribution is -0.894. The summed E-state index contributed by atoms with van der Waals surface area (Å²) in [4.78, 5) is 11.9. The molecule has 0 saturated carbocycles. The predicted molar refractivity (Wildman–Crippen MR) is 61.2 cm³/mol. The first-order chi connectivity index (χ1) is 7.15.